The fraction of sp³-hybridized carbons (Fsp3) is 0.800. The second kappa shape index (κ2) is 4.10. The van der Waals surface area contributed by atoms with Crippen molar-refractivity contribution in [3.63, 3.8) is 0 Å². The Kier molecular flexibility index (Phi) is 4.71. The van der Waals surface area contributed by atoms with Gasteiger partial charge in [0.05, 0.1) is 0 Å². The molecule has 0 aliphatic heterocycles. The molecule has 3 heteroatoms. The molecule has 0 radical (unpaired) electrons. The van der Waals surface area contributed by atoms with Crippen LogP contribution in [0.5, 0.6) is 0 Å². The predicted octanol–water partition coefficient (Wildman–Crippen LogP) is -0.172. The molecule has 0 bridgehead atoms. The van der Waals surface area contributed by atoms with Crippen LogP contribution >= 0.6 is 0 Å². The van der Waals surface area contributed by atoms with Crippen molar-refractivity contribution in [2.45, 2.75) is 27.2 Å². The number of rotatable bonds is 0. The number of hydrogen-bond acceptors (Lipinski definition) is 0. The largest absolute Gasteiger partial charge is 0.412 e. The number of hydrogen-bond donors (Lipinski definition) is 0. The molecule has 2 aliphatic rings. The van der Waals surface area contributed by atoms with E-state index in [1.54, 1.807) is 0 Å². The summed E-state index contributed by atoms with van der Waals surface area (Å²) in [7, 11) is 0. The molecule has 3 nitrogen and oxygen atoms in total. The van der Waals surface area contributed by atoms with Crippen molar-refractivity contribution < 1.29 is 16.4 Å². The Hall–Kier alpha value is -0.560. The summed E-state index contributed by atoms with van der Waals surface area (Å²) in [6.07, 6.45) is 1.34. The number of fused-ring (bicyclic) bond motifs is 1. The zero-order chi connectivity index (χ0) is 7.35. The SMILES string of the molecule is CC1C#CC2C(C1)C2(C)C.O.O.O. The summed E-state index contributed by atoms with van der Waals surface area (Å²) in [4.78, 5) is 0. The molecule has 3 atom stereocenters. The Morgan fingerprint density at radius 1 is 1.08 bits per heavy atom. The van der Waals surface area contributed by atoms with Crippen LogP contribution in [0.25, 0.3) is 0 Å². The van der Waals surface area contributed by atoms with E-state index in [-0.39, 0.29) is 16.4 Å². The highest BCUT2D eigenvalue weighted by atomic mass is 16.0. The standard InChI is InChI=1S/C10H14.3H2O/c1-7-4-5-8-9(6-7)10(8,2)3;;;/h7-9H,6H2,1-3H3;3*1H2. The molecule has 0 aromatic heterocycles. The molecule has 78 valence electrons. The van der Waals surface area contributed by atoms with E-state index in [1.165, 1.54) is 6.42 Å². The molecule has 0 saturated heterocycles. The quantitative estimate of drug-likeness (QED) is 0.472. The van der Waals surface area contributed by atoms with Gasteiger partial charge in [-0.1, -0.05) is 32.6 Å². The molecule has 2 aliphatic carbocycles. The predicted molar refractivity (Wildman–Crippen MR) is 53.2 cm³/mol. The molecular formula is C10H20O3. The summed E-state index contributed by atoms with van der Waals surface area (Å²) in [6, 6.07) is 0. The van der Waals surface area contributed by atoms with Gasteiger partial charge in [0, 0.05) is 11.8 Å². The van der Waals surface area contributed by atoms with E-state index in [1.807, 2.05) is 0 Å². The van der Waals surface area contributed by atoms with E-state index in [0.29, 0.717) is 11.3 Å². The van der Waals surface area contributed by atoms with Crippen LogP contribution < -0.4 is 0 Å². The molecule has 1 saturated carbocycles. The maximum Gasteiger partial charge on any atom is 0.0291 e. The Bertz CT molecular complexity index is 224. The van der Waals surface area contributed by atoms with Crippen molar-refractivity contribution in [3.05, 3.63) is 0 Å². The van der Waals surface area contributed by atoms with Crippen molar-refractivity contribution >= 4 is 0 Å². The Balaban J connectivity index is 0. The van der Waals surface area contributed by atoms with E-state index in [2.05, 4.69) is 32.6 Å². The van der Waals surface area contributed by atoms with E-state index in [4.69, 9.17) is 0 Å². The van der Waals surface area contributed by atoms with Crippen LogP contribution in [-0.2, 0) is 0 Å². The van der Waals surface area contributed by atoms with Crippen LogP contribution in [0.2, 0.25) is 0 Å². The Labute approximate surface area is 79.5 Å². The average Bonchev–Trinajstić information content (AvgIpc) is 2.36. The first-order valence-corrected chi connectivity index (χ1v) is 4.13. The van der Waals surface area contributed by atoms with Gasteiger partial charge < -0.3 is 16.4 Å². The summed E-state index contributed by atoms with van der Waals surface area (Å²) in [6.45, 7) is 6.92. The molecule has 0 spiro atoms. The van der Waals surface area contributed by atoms with Gasteiger partial charge in [-0.2, -0.15) is 0 Å². The molecule has 3 unspecified atom stereocenters. The van der Waals surface area contributed by atoms with Crippen LogP contribution in [0.15, 0.2) is 0 Å². The van der Waals surface area contributed by atoms with E-state index in [9.17, 15) is 0 Å². The normalized spacial score (nSPS) is 36.1. The Morgan fingerprint density at radius 3 is 2.00 bits per heavy atom. The lowest BCUT2D eigenvalue weighted by molar-refractivity contribution is 0.494. The van der Waals surface area contributed by atoms with Crippen LogP contribution in [0.4, 0.5) is 0 Å². The third kappa shape index (κ3) is 2.02. The lowest BCUT2D eigenvalue weighted by Gasteiger charge is -2.05. The minimum absolute atomic E-state index is 0. The van der Waals surface area contributed by atoms with Gasteiger partial charge in [-0.05, 0) is 17.8 Å². The lowest BCUT2D eigenvalue weighted by Crippen LogP contribution is -1.98. The first-order chi connectivity index (χ1) is 4.62. The van der Waals surface area contributed by atoms with E-state index < -0.39 is 0 Å². The fourth-order valence-corrected chi connectivity index (χ4v) is 2.14. The molecular weight excluding hydrogens is 168 g/mol. The van der Waals surface area contributed by atoms with Gasteiger partial charge >= 0.3 is 0 Å². The van der Waals surface area contributed by atoms with Crippen molar-refractivity contribution in [2.75, 3.05) is 0 Å². The second-order valence-electron chi connectivity index (χ2n) is 4.33. The maximum atomic E-state index is 3.35. The van der Waals surface area contributed by atoms with Gasteiger partial charge in [0.2, 0.25) is 0 Å². The zero-order valence-corrected chi connectivity index (χ0v) is 8.44. The van der Waals surface area contributed by atoms with Crippen molar-refractivity contribution in [1.82, 2.24) is 0 Å². The molecule has 13 heavy (non-hydrogen) atoms. The van der Waals surface area contributed by atoms with Crippen molar-refractivity contribution in [2.24, 2.45) is 23.2 Å². The van der Waals surface area contributed by atoms with Gasteiger partial charge in [0.15, 0.2) is 0 Å². The summed E-state index contributed by atoms with van der Waals surface area (Å²) in [5, 5.41) is 0. The van der Waals surface area contributed by atoms with E-state index in [0.717, 1.165) is 11.8 Å². The fourth-order valence-electron chi connectivity index (χ4n) is 2.14. The molecule has 0 amide bonds. The molecule has 2 rings (SSSR count). The van der Waals surface area contributed by atoms with Gasteiger partial charge in [0.25, 0.3) is 0 Å². The minimum Gasteiger partial charge on any atom is -0.412 e. The van der Waals surface area contributed by atoms with Gasteiger partial charge in [-0.15, -0.1) is 0 Å². The Morgan fingerprint density at radius 2 is 1.62 bits per heavy atom. The first-order valence-electron chi connectivity index (χ1n) is 4.13. The topological polar surface area (TPSA) is 94.5 Å². The highest BCUT2D eigenvalue weighted by Crippen LogP contribution is 2.61. The molecule has 0 aromatic carbocycles. The van der Waals surface area contributed by atoms with E-state index >= 15 is 0 Å². The molecule has 0 heterocycles. The smallest absolute Gasteiger partial charge is 0.0291 e. The summed E-state index contributed by atoms with van der Waals surface area (Å²) in [5.74, 6) is 8.94. The lowest BCUT2D eigenvalue weighted by atomic mass is 9.99. The highest BCUT2D eigenvalue weighted by Gasteiger charge is 2.57. The van der Waals surface area contributed by atoms with Crippen LogP contribution in [0.3, 0.4) is 0 Å². The van der Waals surface area contributed by atoms with Crippen LogP contribution in [0.1, 0.15) is 27.2 Å². The van der Waals surface area contributed by atoms with Crippen molar-refractivity contribution in [3.8, 4) is 11.8 Å². The molecule has 0 aromatic rings. The summed E-state index contributed by atoms with van der Waals surface area (Å²) < 4.78 is 0. The second-order valence-corrected chi connectivity index (χ2v) is 4.33. The summed E-state index contributed by atoms with van der Waals surface area (Å²) in [5.41, 5.74) is 0.553. The van der Waals surface area contributed by atoms with Gasteiger partial charge in [-0.3, -0.25) is 0 Å². The first kappa shape index (κ1) is 14.9. The third-order valence-electron chi connectivity index (χ3n) is 3.14. The van der Waals surface area contributed by atoms with Crippen LogP contribution in [-0.4, -0.2) is 16.4 Å². The van der Waals surface area contributed by atoms with Gasteiger partial charge in [-0.25, -0.2) is 0 Å². The average molecular weight is 188 g/mol. The minimum atomic E-state index is 0. The monoisotopic (exact) mass is 188 g/mol. The van der Waals surface area contributed by atoms with Crippen molar-refractivity contribution in [1.29, 1.82) is 0 Å². The van der Waals surface area contributed by atoms with Crippen LogP contribution in [0, 0.1) is 35.0 Å². The molecule has 6 N–H and O–H groups in total. The zero-order valence-electron chi connectivity index (χ0n) is 8.44. The van der Waals surface area contributed by atoms with Gasteiger partial charge in [0.1, 0.15) is 0 Å². The maximum absolute atomic E-state index is 3.35. The summed E-state index contributed by atoms with van der Waals surface area (Å²) >= 11 is 0. The molecule has 1 fully saturated rings. The third-order valence-corrected chi connectivity index (χ3v) is 3.14. The highest BCUT2D eigenvalue weighted by molar-refractivity contribution is 5.26.